The van der Waals surface area contributed by atoms with Gasteiger partial charge in [0.15, 0.2) is 0 Å². The SMILES string of the molecule is COc1cc(C(=O)NCC(O)(c2cc3c(c(-c4ccc(F)cc4)n2)OC[C@]3(C)C(N)=O)C(F)(F)F)cc2cc(C3CCC3)nn12. The lowest BCUT2D eigenvalue weighted by Gasteiger charge is -2.31. The lowest BCUT2D eigenvalue weighted by Crippen LogP contribution is -2.51. The quantitative estimate of drug-likeness (QED) is 0.250. The zero-order valence-electron chi connectivity index (χ0n) is 24.2. The summed E-state index contributed by atoms with van der Waals surface area (Å²) in [5.41, 5.74) is 0.691. The Bertz CT molecular complexity index is 1820. The van der Waals surface area contributed by atoms with Crippen LogP contribution in [0.1, 0.15) is 59.4 Å². The number of alkyl halides is 3. The van der Waals surface area contributed by atoms with E-state index in [1.165, 1.54) is 42.8 Å². The van der Waals surface area contributed by atoms with Crippen molar-refractivity contribution in [3.63, 3.8) is 0 Å². The van der Waals surface area contributed by atoms with Gasteiger partial charge in [-0.25, -0.2) is 13.9 Å². The minimum atomic E-state index is -5.35. The van der Waals surface area contributed by atoms with Crippen molar-refractivity contribution in [3.8, 4) is 22.9 Å². The number of nitrogens with two attached hydrogens (primary N) is 1. The zero-order chi connectivity index (χ0) is 32.3. The fraction of sp³-hybridized carbons (Fsp3) is 0.355. The number of hydrogen-bond acceptors (Lipinski definition) is 7. The molecule has 1 saturated carbocycles. The van der Waals surface area contributed by atoms with Gasteiger partial charge in [0.05, 0.1) is 30.6 Å². The number of aromatic nitrogens is 3. The largest absolute Gasteiger partial charge is 0.489 e. The smallest absolute Gasteiger partial charge is 0.424 e. The molecule has 1 unspecified atom stereocenters. The fourth-order valence-corrected chi connectivity index (χ4v) is 5.52. The van der Waals surface area contributed by atoms with Gasteiger partial charge in [0.25, 0.3) is 5.91 Å². The van der Waals surface area contributed by atoms with E-state index in [1.54, 1.807) is 6.07 Å². The molecule has 4 heterocycles. The van der Waals surface area contributed by atoms with Gasteiger partial charge in [0, 0.05) is 28.7 Å². The van der Waals surface area contributed by atoms with Crippen LogP contribution in [0.4, 0.5) is 17.6 Å². The van der Waals surface area contributed by atoms with Crippen molar-refractivity contribution in [1.82, 2.24) is 19.9 Å². The summed E-state index contributed by atoms with van der Waals surface area (Å²) in [7, 11) is 1.38. The van der Waals surface area contributed by atoms with Crippen molar-refractivity contribution in [2.45, 2.75) is 49.3 Å². The number of rotatable bonds is 8. The van der Waals surface area contributed by atoms with Gasteiger partial charge in [-0.2, -0.15) is 18.3 Å². The Morgan fingerprint density at radius 1 is 1.18 bits per heavy atom. The van der Waals surface area contributed by atoms with Crippen molar-refractivity contribution in [3.05, 3.63) is 76.9 Å². The Balaban J connectivity index is 1.39. The topological polar surface area (TPSA) is 141 Å². The molecule has 1 fully saturated rings. The molecule has 0 bridgehead atoms. The van der Waals surface area contributed by atoms with Crippen LogP contribution in [-0.4, -0.2) is 58.0 Å². The summed E-state index contributed by atoms with van der Waals surface area (Å²) in [4.78, 5) is 29.8. The van der Waals surface area contributed by atoms with Crippen LogP contribution in [-0.2, 0) is 15.8 Å². The number of pyridine rings is 2. The molecular weight excluding hydrogens is 598 g/mol. The zero-order valence-corrected chi connectivity index (χ0v) is 24.2. The molecule has 3 aromatic heterocycles. The van der Waals surface area contributed by atoms with E-state index in [2.05, 4.69) is 15.4 Å². The molecule has 1 aliphatic carbocycles. The number of fused-ring (bicyclic) bond motifs is 2. The number of carbonyl (C=O) groups is 2. The van der Waals surface area contributed by atoms with E-state index in [1.807, 2.05) is 0 Å². The summed E-state index contributed by atoms with van der Waals surface area (Å²) in [5.74, 6) is -1.94. The van der Waals surface area contributed by atoms with Crippen LogP contribution in [0.5, 0.6) is 11.6 Å². The number of nitrogens with zero attached hydrogens (tertiary/aromatic N) is 3. The molecule has 2 amide bonds. The first-order chi connectivity index (χ1) is 21.2. The van der Waals surface area contributed by atoms with Gasteiger partial charge in [0.1, 0.15) is 29.3 Å². The number of amides is 2. The highest BCUT2D eigenvalue weighted by Crippen LogP contribution is 2.47. The second-order valence-electron chi connectivity index (χ2n) is 11.6. The lowest BCUT2D eigenvalue weighted by atomic mass is 9.81. The molecule has 0 saturated heterocycles. The third-order valence-electron chi connectivity index (χ3n) is 8.67. The molecule has 236 valence electrons. The maximum Gasteiger partial charge on any atom is 0.424 e. The van der Waals surface area contributed by atoms with Crippen LogP contribution < -0.4 is 20.5 Å². The number of carbonyl (C=O) groups excluding carboxylic acids is 2. The second-order valence-corrected chi connectivity index (χ2v) is 11.6. The van der Waals surface area contributed by atoms with Crippen LogP contribution >= 0.6 is 0 Å². The summed E-state index contributed by atoms with van der Waals surface area (Å²) in [6.45, 7) is -0.234. The molecule has 14 heteroatoms. The van der Waals surface area contributed by atoms with Gasteiger partial charge in [-0.1, -0.05) is 6.42 Å². The first kappa shape index (κ1) is 30.3. The van der Waals surface area contributed by atoms with Crippen LogP contribution in [0.25, 0.3) is 16.8 Å². The van der Waals surface area contributed by atoms with E-state index in [9.17, 15) is 32.3 Å². The molecule has 6 rings (SSSR count). The average molecular weight is 628 g/mol. The van der Waals surface area contributed by atoms with Gasteiger partial charge < -0.3 is 25.6 Å². The highest BCUT2D eigenvalue weighted by molar-refractivity contribution is 5.96. The number of methoxy groups -OCH3 is 1. The number of aliphatic hydroxyl groups is 1. The van der Waals surface area contributed by atoms with Crippen molar-refractivity contribution < 1.29 is 41.7 Å². The number of primary amides is 1. The third-order valence-corrected chi connectivity index (χ3v) is 8.67. The molecule has 0 radical (unpaired) electrons. The van der Waals surface area contributed by atoms with E-state index in [4.69, 9.17) is 15.2 Å². The van der Waals surface area contributed by atoms with E-state index in [0.29, 0.717) is 5.52 Å². The molecule has 2 aliphatic rings. The Kier molecular flexibility index (Phi) is 7.22. The van der Waals surface area contributed by atoms with Gasteiger partial charge in [-0.15, -0.1) is 0 Å². The van der Waals surface area contributed by atoms with Crippen LogP contribution in [0.2, 0.25) is 0 Å². The Morgan fingerprint density at radius 2 is 1.89 bits per heavy atom. The number of nitrogens with one attached hydrogen (secondary N) is 1. The molecule has 4 aromatic rings. The molecular formula is C31H29F4N5O5. The van der Waals surface area contributed by atoms with Crippen molar-refractivity contribution in [1.29, 1.82) is 0 Å². The number of ether oxygens (including phenoxy) is 2. The highest BCUT2D eigenvalue weighted by atomic mass is 19.4. The summed E-state index contributed by atoms with van der Waals surface area (Å²) in [6.07, 6.45) is -2.29. The summed E-state index contributed by atoms with van der Waals surface area (Å²) in [6, 6.07) is 10.2. The number of halogens is 4. The average Bonchev–Trinajstić information content (AvgIpc) is 3.55. The number of hydrogen-bond donors (Lipinski definition) is 3. The fourth-order valence-electron chi connectivity index (χ4n) is 5.52. The van der Waals surface area contributed by atoms with Gasteiger partial charge >= 0.3 is 6.18 Å². The monoisotopic (exact) mass is 627 g/mol. The maximum atomic E-state index is 14.7. The summed E-state index contributed by atoms with van der Waals surface area (Å²) >= 11 is 0. The molecule has 0 spiro atoms. The Hall–Kier alpha value is -4.72. The maximum absolute atomic E-state index is 14.7. The van der Waals surface area contributed by atoms with E-state index < -0.39 is 47.1 Å². The van der Waals surface area contributed by atoms with Crippen LogP contribution in [0.15, 0.2) is 48.5 Å². The molecule has 10 nitrogen and oxygen atoms in total. The van der Waals surface area contributed by atoms with Crippen LogP contribution in [0.3, 0.4) is 0 Å². The van der Waals surface area contributed by atoms with Crippen molar-refractivity contribution in [2.75, 3.05) is 20.3 Å². The minimum absolute atomic E-state index is 0.0208. The van der Waals surface area contributed by atoms with Gasteiger partial charge in [0.2, 0.25) is 17.4 Å². The molecule has 2 atom stereocenters. The summed E-state index contributed by atoms with van der Waals surface area (Å²) < 4.78 is 70.5. The van der Waals surface area contributed by atoms with E-state index in [-0.39, 0.29) is 46.5 Å². The Labute approximate surface area is 254 Å². The van der Waals surface area contributed by atoms with Crippen LogP contribution in [0, 0.1) is 5.82 Å². The first-order valence-electron chi connectivity index (χ1n) is 14.1. The Morgan fingerprint density at radius 3 is 2.49 bits per heavy atom. The predicted octanol–water partition coefficient (Wildman–Crippen LogP) is 4.13. The minimum Gasteiger partial charge on any atom is -0.489 e. The molecule has 4 N–H and O–H groups in total. The standard InChI is InChI=1S/C31H29F4N5O5/c1-29(28(36)42)15-45-26-21(29)13-23(38-25(26)17-6-8-19(32)9-7-17)30(43,31(33,34)35)14-37-27(41)18-10-20-12-22(16-4-3-5-16)39-40(20)24(11-18)44-2/h6-13,16,43H,3-5,14-15H2,1-2H3,(H2,36,42)(H,37,41)/t29-,30?/m0/s1. The highest BCUT2D eigenvalue weighted by Gasteiger charge is 2.57. The summed E-state index contributed by atoms with van der Waals surface area (Å²) in [5, 5.41) is 18.0. The molecule has 45 heavy (non-hydrogen) atoms. The van der Waals surface area contributed by atoms with Gasteiger partial charge in [-0.3, -0.25) is 9.59 Å². The first-order valence-corrected chi connectivity index (χ1v) is 14.1. The normalized spacial score (nSPS) is 19.4. The lowest BCUT2D eigenvalue weighted by molar-refractivity contribution is -0.265. The van der Waals surface area contributed by atoms with Crippen molar-refractivity contribution in [2.24, 2.45) is 5.73 Å². The third kappa shape index (κ3) is 5.02. The van der Waals surface area contributed by atoms with E-state index in [0.717, 1.165) is 43.2 Å². The van der Waals surface area contributed by atoms with E-state index >= 15 is 0 Å². The molecule has 1 aliphatic heterocycles. The molecule has 1 aromatic carbocycles. The number of benzene rings is 1. The second kappa shape index (κ2) is 10.7. The van der Waals surface area contributed by atoms with Crippen molar-refractivity contribution >= 4 is 17.3 Å². The van der Waals surface area contributed by atoms with Gasteiger partial charge in [-0.05, 0) is 62.2 Å². The predicted molar refractivity (Wildman–Crippen MR) is 152 cm³/mol.